The van der Waals surface area contributed by atoms with Crippen LogP contribution in [-0.2, 0) is 32.6 Å². The minimum absolute atomic E-state index is 0.0826. The van der Waals surface area contributed by atoms with Gasteiger partial charge in [0, 0.05) is 19.0 Å². The Kier molecular flexibility index (Phi) is 9.86. The summed E-state index contributed by atoms with van der Waals surface area (Å²) in [5, 5.41) is 3.20. The molecule has 1 aliphatic rings. The van der Waals surface area contributed by atoms with Crippen LogP contribution >= 0.6 is 0 Å². The molecule has 3 aromatic rings. The zero-order valence-electron chi connectivity index (χ0n) is 24.5. The van der Waals surface area contributed by atoms with Crippen LogP contribution in [0.1, 0.15) is 53.5 Å². The Labute approximate surface area is 244 Å². The van der Waals surface area contributed by atoms with Gasteiger partial charge in [0.2, 0.25) is 21.8 Å². The van der Waals surface area contributed by atoms with Crippen LogP contribution in [0.5, 0.6) is 0 Å². The largest absolute Gasteiger partial charge is 0.352 e. The third-order valence-electron chi connectivity index (χ3n) is 8.03. The first kappa shape index (κ1) is 30.3. The maximum absolute atomic E-state index is 14.3. The first-order valence-electron chi connectivity index (χ1n) is 14.3. The van der Waals surface area contributed by atoms with Gasteiger partial charge in [0.15, 0.2) is 0 Å². The van der Waals surface area contributed by atoms with E-state index in [0.717, 1.165) is 64.1 Å². The van der Waals surface area contributed by atoms with Crippen molar-refractivity contribution < 1.29 is 18.0 Å². The number of anilines is 1. The van der Waals surface area contributed by atoms with E-state index in [1.165, 1.54) is 0 Å². The second-order valence-electron chi connectivity index (χ2n) is 11.2. The van der Waals surface area contributed by atoms with E-state index in [1.54, 1.807) is 17.0 Å². The predicted molar refractivity (Wildman–Crippen MR) is 164 cm³/mol. The van der Waals surface area contributed by atoms with Crippen LogP contribution in [0.3, 0.4) is 0 Å². The molecule has 0 radical (unpaired) electrons. The molecule has 218 valence electrons. The van der Waals surface area contributed by atoms with Gasteiger partial charge in [-0.2, -0.15) is 0 Å². The molecule has 7 nitrogen and oxygen atoms in total. The molecule has 2 amide bonds. The monoisotopic (exact) mass is 575 g/mol. The summed E-state index contributed by atoms with van der Waals surface area (Å²) in [6, 6.07) is 22.0. The number of rotatable bonds is 11. The molecule has 1 aliphatic carbocycles. The van der Waals surface area contributed by atoms with Gasteiger partial charge in [0.25, 0.3) is 0 Å². The van der Waals surface area contributed by atoms with Crippen LogP contribution < -0.4 is 9.62 Å². The lowest BCUT2D eigenvalue weighted by atomic mass is 10.0. The Morgan fingerprint density at radius 1 is 0.878 bits per heavy atom. The molecule has 0 aliphatic heterocycles. The fraction of sp³-hybridized carbons (Fsp3) is 0.394. The zero-order valence-corrected chi connectivity index (χ0v) is 25.3. The summed E-state index contributed by atoms with van der Waals surface area (Å²) in [4.78, 5) is 29.7. The summed E-state index contributed by atoms with van der Waals surface area (Å²) in [5.41, 5.74) is 5.21. The number of aryl methyl sites for hydroxylation is 3. The number of carbonyl (C=O) groups excluding carboxylic acids is 2. The van der Waals surface area contributed by atoms with E-state index >= 15 is 0 Å². The third kappa shape index (κ3) is 7.97. The van der Waals surface area contributed by atoms with E-state index < -0.39 is 28.5 Å². The molecule has 0 unspecified atom stereocenters. The number of amides is 2. The molecule has 41 heavy (non-hydrogen) atoms. The molecule has 1 N–H and O–H groups in total. The standard InChI is InChI=1S/C33H41N3O4S/c1-24-18-19-30(20-26(24)3)36(41(4,39)40)23-32(37)35(22-28-15-9-8-12-25(28)2)31(21-27-13-6-5-7-14-27)33(38)34-29-16-10-11-17-29/h5-9,12-15,18-20,29,31H,10-11,16-17,21-23H2,1-4H3,(H,34,38)/t31-/m1/s1. The Morgan fingerprint density at radius 3 is 2.17 bits per heavy atom. The molecule has 1 fully saturated rings. The highest BCUT2D eigenvalue weighted by atomic mass is 32.2. The molecule has 0 heterocycles. The quantitative estimate of drug-likeness (QED) is 0.346. The van der Waals surface area contributed by atoms with E-state index in [-0.39, 0.29) is 18.5 Å². The van der Waals surface area contributed by atoms with Crippen LogP contribution in [0.25, 0.3) is 0 Å². The molecule has 1 saturated carbocycles. The summed E-state index contributed by atoms with van der Waals surface area (Å²) in [5.74, 6) is -0.640. The summed E-state index contributed by atoms with van der Waals surface area (Å²) in [7, 11) is -3.80. The first-order chi connectivity index (χ1) is 19.5. The molecule has 8 heteroatoms. The van der Waals surface area contributed by atoms with Crippen LogP contribution in [0.15, 0.2) is 72.8 Å². The van der Waals surface area contributed by atoms with E-state index in [1.807, 2.05) is 81.4 Å². The lowest BCUT2D eigenvalue weighted by Crippen LogP contribution is -2.54. The Bertz CT molecular complexity index is 1470. The van der Waals surface area contributed by atoms with Crippen molar-refractivity contribution >= 4 is 27.5 Å². The summed E-state index contributed by atoms with van der Waals surface area (Å²) >= 11 is 0. The molecule has 0 aromatic heterocycles. The molecule has 3 aromatic carbocycles. The molecular formula is C33H41N3O4S. The Morgan fingerprint density at radius 2 is 1.54 bits per heavy atom. The van der Waals surface area contributed by atoms with Gasteiger partial charge in [-0.1, -0.05) is 73.5 Å². The summed E-state index contributed by atoms with van der Waals surface area (Å²) < 4.78 is 27.1. The highest BCUT2D eigenvalue weighted by Gasteiger charge is 2.34. The van der Waals surface area contributed by atoms with E-state index in [0.29, 0.717) is 12.1 Å². The van der Waals surface area contributed by atoms with Crippen molar-refractivity contribution in [3.05, 3.63) is 101 Å². The van der Waals surface area contributed by atoms with Gasteiger partial charge in [-0.05, 0) is 73.6 Å². The maximum Gasteiger partial charge on any atom is 0.244 e. The number of benzene rings is 3. The van der Waals surface area contributed by atoms with Crippen molar-refractivity contribution in [2.24, 2.45) is 0 Å². The topological polar surface area (TPSA) is 86.8 Å². The van der Waals surface area contributed by atoms with Gasteiger partial charge in [-0.3, -0.25) is 13.9 Å². The van der Waals surface area contributed by atoms with Crippen LogP contribution in [0.2, 0.25) is 0 Å². The molecule has 4 rings (SSSR count). The molecular weight excluding hydrogens is 534 g/mol. The van der Waals surface area contributed by atoms with Crippen LogP contribution in [0.4, 0.5) is 5.69 Å². The number of nitrogens with zero attached hydrogens (tertiary/aromatic N) is 2. The Hall–Kier alpha value is -3.65. The van der Waals surface area contributed by atoms with Crippen molar-refractivity contribution in [1.29, 1.82) is 0 Å². The van der Waals surface area contributed by atoms with Crippen LogP contribution in [0, 0.1) is 20.8 Å². The molecule has 1 atom stereocenters. The van der Waals surface area contributed by atoms with Gasteiger partial charge in [-0.15, -0.1) is 0 Å². The van der Waals surface area contributed by atoms with Crippen molar-refractivity contribution in [2.75, 3.05) is 17.1 Å². The first-order valence-corrected chi connectivity index (χ1v) is 16.1. The minimum Gasteiger partial charge on any atom is -0.352 e. The normalized spacial score (nSPS) is 14.4. The number of hydrogen-bond donors (Lipinski definition) is 1. The minimum atomic E-state index is -3.80. The number of carbonyl (C=O) groups is 2. The Balaban J connectivity index is 1.74. The second-order valence-corrected chi connectivity index (χ2v) is 13.1. The van der Waals surface area contributed by atoms with Crippen molar-refractivity contribution in [3.8, 4) is 0 Å². The zero-order chi connectivity index (χ0) is 29.6. The van der Waals surface area contributed by atoms with Crippen molar-refractivity contribution in [2.45, 2.75) is 71.5 Å². The van der Waals surface area contributed by atoms with Gasteiger partial charge in [-0.25, -0.2) is 8.42 Å². The smallest absolute Gasteiger partial charge is 0.244 e. The summed E-state index contributed by atoms with van der Waals surface area (Å²) in [6.45, 7) is 5.62. The third-order valence-corrected chi connectivity index (χ3v) is 9.17. The molecule has 0 spiro atoms. The molecule has 0 bridgehead atoms. The highest BCUT2D eigenvalue weighted by Crippen LogP contribution is 2.24. The maximum atomic E-state index is 14.3. The van der Waals surface area contributed by atoms with Crippen molar-refractivity contribution in [3.63, 3.8) is 0 Å². The summed E-state index contributed by atoms with van der Waals surface area (Å²) in [6.07, 6.45) is 5.40. The number of sulfonamides is 1. The molecule has 0 saturated heterocycles. The fourth-order valence-corrected chi connectivity index (χ4v) is 6.23. The fourth-order valence-electron chi connectivity index (χ4n) is 5.39. The van der Waals surface area contributed by atoms with Crippen LogP contribution in [-0.4, -0.2) is 50.0 Å². The SMILES string of the molecule is Cc1ccc(N(CC(=O)N(Cc2ccccc2C)[C@H](Cc2ccccc2)C(=O)NC2CCCC2)S(C)(=O)=O)cc1C. The average Bonchev–Trinajstić information content (AvgIpc) is 3.44. The van der Waals surface area contributed by atoms with Gasteiger partial charge < -0.3 is 10.2 Å². The van der Waals surface area contributed by atoms with Gasteiger partial charge in [0.1, 0.15) is 12.6 Å². The van der Waals surface area contributed by atoms with E-state index in [9.17, 15) is 18.0 Å². The lowest BCUT2D eigenvalue weighted by molar-refractivity contribution is -0.140. The average molecular weight is 576 g/mol. The van der Waals surface area contributed by atoms with Crippen molar-refractivity contribution in [1.82, 2.24) is 10.2 Å². The van der Waals surface area contributed by atoms with E-state index in [4.69, 9.17) is 0 Å². The van der Waals surface area contributed by atoms with E-state index in [2.05, 4.69) is 5.32 Å². The number of hydrogen-bond acceptors (Lipinski definition) is 4. The highest BCUT2D eigenvalue weighted by molar-refractivity contribution is 7.92. The number of nitrogens with one attached hydrogen (secondary N) is 1. The van der Waals surface area contributed by atoms with Gasteiger partial charge >= 0.3 is 0 Å². The van der Waals surface area contributed by atoms with Gasteiger partial charge in [0.05, 0.1) is 11.9 Å². The lowest BCUT2D eigenvalue weighted by Gasteiger charge is -2.34. The second kappa shape index (κ2) is 13.3. The predicted octanol–water partition coefficient (Wildman–Crippen LogP) is 5.08.